The highest BCUT2D eigenvalue weighted by Crippen LogP contribution is 2.24. The number of carboxylic acid groups (broad SMARTS) is 1. The van der Waals surface area contributed by atoms with Gasteiger partial charge in [-0.15, -0.1) is 0 Å². The molecule has 1 aliphatic rings. The van der Waals surface area contributed by atoms with E-state index >= 15 is 0 Å². The van der Waals surface area contributed by atoms with Crippen LogP contribution < -0.4 is 0 Å². The molecular weight excluding hydrogens is 324 g/mol. The van der Waals surface area contributed by atoms with E-state index in [4.69, 9.17) is 14.6 Å². The summed E-state index contributed by atoms with van der Waals surface area (Å²) in [4.78, 5) is 11.3. The molecule has 2 rings (SSSR count). The van der Waals surface area contributed by atoms with Gasteiger partial charge in [0.2, 0.25) is 12.0 Å². The largest absolute Gasteiger partial charge is 0.508 e. The van der Waals surface area contributed by atoms with Crippen LogP contribution >= 0.6 is 0 Å². The first-order valence-corrected chi connectivity index (χ1v) is 7.04. The number of ether oxygens (including phenoxy) is 2. The molecule has 5 atom stereocenters. The molecule has 0 aromatic heterocycles. The maximum atomic E-state index is 11.3. The minimum atomic E-state index is -1.72. The standard InChI is InChI=1S/C15H18O9/c16-6-10-11(18)12(19)13(20)15(24-10)23-9(14(21)22)5-7-1-3-8(17)4-2-7/h1-5,10-13,15-20H,6H2,(H,21,22)/b9-5+/t10-,11-,12+,13-,15+/m0/s1. The van der Waals surface area contributed by atoms with Crippen molar-refractivity contribution in [1.29, 1.82) is 0 Å². The van der Waals surface area contributed by atoms with Crippen LogP contribution in [0.3, 0.4) is 0 Å². The number of rotatable bonds is 5. The van der Waals surface area contributed by atoms with Gasteiger partial charge in [-0.25, -0.2) is 4.79 Å². The van der Waals surface area contributed by atoms with E-state index in [-0.39, 0.29) is 5.75 Å². The van der Waals surface area contributed by atoms with Gasteiger partial charge in [-0.2, -0.15) is 0 Å². The predicted molar refractivity (Wildman–Crippen MR) is 78.6 cm³/mol. The van der Waals surface area contributed by atoms with Gasteiger partial charge < -0.3 is 40.1 Å². The Morgan fingerprint density at radius 1 is 1.12 bits per heavy atom. The number of aliphatic hydroxyl groups is 4. The summed E-state index contributed by atoms with van der Waals surface area (Å²) in [6.07, 6.45) is -6.64. The van der Waals surface area contributed by atoms with Crippen LogP contribution in [0.25, 0.3) is 6.08 Å². The van der Waals surface area contributed by atoms with Gasteiger partial charge >= 0.3 is 5.97 Å². The molecule has 0 radical (unpaired) electrons. The normalized spacial score (nSPS) is 30.8. The number of carboxylic acids is 1. The summed E-state index contributed by atoms with van der Waals surface area (Å²) in [5, 5.41) is 56.7. The minimum absolute atomic E-state index is 0.00104. The Balaban J connectivity index is 2.20. The van der Waals surface area contributed by atoms with E-state index in [9.17, 15) is 30.3 Å². The fourth-order valence-corrected chi connectivity index (χ4v) is 2.16. The van der Waals surface area contributed by atoms with Crippen LogP contribution in [0, 0.1) is 0 Å². The number of carbonyl (C=O) groups is 1. The fraction of sp³-hybridized carbons (Fsp3) is 0.400. The molecule has 1 fully saturated rings. The highest BCUT2D eigenvalue weighted by atomic mass is 16.7. The Bertz CT molecular complexity index is 595. The van der Waals surface area contributed by atoms with Crippen molar-refractivity contribution in [3.63, 3.8) is 0 Å². The Labute approximate surface area is 136 Å². The highest BCUT2D eigenvalue weighted by molar-refractivity contribution is 5.89. The van der Waals surface area contributed by atoms with E-state index in [2.05, 4.69) is 0 Å². The van der Waals surface area contributed by atoms with Crippen molar-refractivity contribution in [2.75, 3.05) is 6.61 Å². The third kappa shape index (κ3) is 4.02. The van der Waals surface area contributed by atoms with Crippen LogP contribution in [-0.2, 0) is 14.3 Å². The van der Waals surface area contributed by atoms with E-state index < -0.39 is 49.0 Å². The lowest BCUT2D eigenvalue weighted by molar-refractivity contribution is -0.291. The lowest BCUT2D eigenvalue weighted by Crippen LogP contribution is -2.59. The zero-order chi connectivity index (χ0) is 17.9. The molecular formula is C15H18O9. The second kappa shape index (κ2) is 7.60. The topological polar surface area (TPSA) is 157 Å². The van der Waals surface area contributed by atoms with Gasteiger partial charge in [0.25, 0.3) is 0 Å². The first-order valence-electron chi connectivity index (χ1n) is 7.04. The third-order valence-electron chi connectivity index (χ3n) is 3.49. The first-order chi connectivity index (χ1) is 11.3. The Morgan fingerprint density at radius 3 is 2.29 bits per heavy atom. The average Bonchev–Trinajstić information content (AvgIpc) is 2.56. The van der Waals surface area contributed by atoms with Crippen LogP contribution in [0.1, 0.15) is 5.56 Å². The average molecular weight is 342 g/mol. The van der Waals surface area contributed by atoms with Gasteiger partial charge in [-0.05, 0) is 23.8 Å². The molecule has 1 aromatic rings. The maximum absolute atomic E-state index is 11.3. The number of phenolic OH excluding ortho intramolecular Hbond substituents is 1. The molecule has 1 heterocycles. The summed E-state index contributed by atoms with van der Waals surface area (Å²) in [5.41, 5.74) is 0.398. The third-order valence-corrected chi connectivity index (χ3v) is 3.49. The van der Waals surface area contributed by atoms with Crippen molar-refractivity contribution in [2.24, 2.45) is 0 Å². The number of aliphatic carboxylic acids is 1. The maximum Gasteiger partial charge on any atom is 0.371 e. The molecule has 0 aliphatic carbocycles. The molecule has 0 bridgehead atoms. The molecule has 24 heavy (non-hydrogen) atoms. The smallest absolute Gasteiger partial charge is 0.371 e. The Kier molecular flexibility index (Phi) is 5.75. The molecule has 0 unspecified atom stereocenters. The van der Waals surface area contributed by atoms with Crippen molar-refractivity contribution in [3.8, 4) is 5.75 Å². The number of hydrogen-bond acceptors (Lipinski definition) is 8. The monoisotopic (exact) mass is 342 g/mol. The summed E-state index contributed by atoms with van der Waals surface area (Å²) in [6, 6.07) is 5.57. The summed E-state index contributed by atoms with van der Waals surface area (Å²) < 4.78 is 10.2. The Morgan fingerprint density at radius 2 is 1.75 bits per heavy atom. The highest BCUT2D eigenvalue weighted by Gasteiger charge is 2.45. The lowest BCUT2D eigenvalue weighted by atomic mass is 9.99. The SMILES string of the molecule is O=C(O)/C(=C\c1ccc(O)cc1)O[C@@H]1O[C@@H](CO)[C@H](O)[C@@H](O)[C@@H]1O. The molecule has 9 heteroatoms. The van der Waals surface area contributed by atoms with E-state index in [0.717, 1.165) is 6.08 Å². The minimum Gasteiger partial charge on any atom is -0.508 e. The van der Waals surface area contributed by atoms with Crippen molar-refractivity contribution < 1.29 is 44.9 Å². The van der Waals surface area contributed by atoms with Gasteiger partial charge in [0.05, 0.1) is 6.61 Å². The van der Waals surface area contributed by atoms with E-state index in [0.29, 0.717) is 5.56 Å². The van der Waals surface area contributed by atoms with Crippen molar-refractivity contribution in [2.45, 2.75) is 30.7 Å². The van der Waals surface area contributed by atoms with Crippen LogP contribution in [0.2, 0.25) is 0 Å². The van der Waals surface area contributed by atoms with Gasteiger partial charge in [-0.3, -0.25) is 0 Å². The zero-order valence-electron chi connectivity index (χ0n) is 12.4. The van der Waals surface area contributed by atoms with Crippen molar-refractivity contribution >= 4 is 12.0 Å². The second-order valence-corrected chi connectivity index (χ2v) is 5.22. The molecule has 0 saturated carbocycles. The van der Waals surface area contributed by atoms with Crippen LogP contribution in [0.4, 0.5) is 0 Å². The summed E-state index contributed by atoms with van der Waals surface area (Å²) >= 11 is 0. The van der Waals surface area contributed by atoms with Gasteiger partial charge in [-0.1, -0.05) is 12.1 Å². The van der Waals surface area contributed by atoms with Crippen LogP contribution in [-0.4, -0.2) is 73.9 Å². The van der Waals surface area contributed by atoms with E-state index in [1.54, 1.807) is 0 Å². The molecule has 0 amide bonds. The molecule has 1 aliphatic heterocycles. The molecule has 132 valence electrons. The fourth-order valence-electron chi connectivity index (χ4n) is 2.16. The molecule has 6 N–H and O–H groups in total. The lowest BCUT2D eigenvalue weighted by Gasteiger charge is -2.39. The summed E-state index contributed by atoms with van der Waals surface area (Å²) in [6.45, 7) is -0.658. The van der Waals surface area contributed by atoms with E-state index in [1.165, 1.54) is 24.3 Å². The summed E-state index contributed by atoms with van der Waals surface area (Å²) in [5.74, 6) is -2.05. The first kappa shape index (κ1) is 18.2. The van der Waals surface area contributed by atoms with Crippen LogP contribution in [0.5, 0.6) is 5.75 Å². The number of benzene rings is 1. The number of aromatic hydroxyl groups is 1. The molecule has 1 aromatic carbocycles. The van der Waals surface area contributed by atoms with Crippen molar-refractivity contribution in [3.05, 3.63) is 35.6 Å². The van der Waals surface area contributed by atoms with Gasteiger partial charge in [0.1, 0.15) is 30.2 Å². The second-order valence-electron chi connectivity index (χ2n) is 5.22. The quantitative estimate of drug-likeness (QED) is 0.281. The number of hydrogen-bond donors (Lipinski definition) is 6. The number of phenols is 1. The van der Waals surface area contributed by atoms with Gasteiger partial charge in [0.15, 0.2) is 0 Å². The Hall–Kier alpha value is -2.17. The molecule has 0 spiro atoms. The van der Waals surface area contributed by atoms with Gasteiger partial charge in [0, 0.05) is 0 Å². The molecule has 1 saturated heterocycles. The molecule has 9 nitrogen and oxygen atoms in total. The van der Waals surface area contributed by atoms with Crippen molar-refractivity contribution in [1.82, 2.24) is 0 Å². The van der Waals surface area contributed by atoms with E-state index in [1.807, 2.05) is 0 Å². The number of aliphatic hydroxyl groups excluding tert-OH is 4. The predicted octanol–water partition coefficient (Wildman–Crippen LogP) is -1.37. The summed E-state index contributed by atoms with van der Waals surface area (Å²) in [7, 11) is 0. The van der Waals surface area contributed by atoms with Crippen LogP contribution in [0.15, 0.2) is 30.0 Å². The zero-order valence-corrected chi connectivity index (χ0v) is 12.4.